The lowest BCUT2D eigenvalue weighted by atomic mass is 10.1. The Kier molecular flexibility index (Phi) is 7.23. The van der Waals surface area contributed by atoms with Crippen LogP contribution in [0.25, 0.3) is 6.08 Å². The number of nitrogens with one attached hydrogen (secondary N) is 1. The number of carbonyl (C=O) groups is 2. The second-order valence-electron chi connectivity index (χ2n) is 6.95. The summed E-state index contributed by atoms with van der Waals surface area (Å²) in [6, 6.07) is 15.8. The summed E-state index contributed by atoms with van der Waals surface area (Å²) in [6.45, 7) is 4.56. The molecule has 0 spiro atoms. The molecule has 1 saturated heterocycles. The zero-order chi connectivity index (χ0) is 20.8. The quantitative estimate of drug-likeness (QED) is 0.492. The van der Waals surface area contributed by atoms with Crippen molar-refractivity contribution in [2.75, 3.05) is 11.9 Å². The highest BCUT2D eigenvalue weighted by Crippen LogP contribution is 2.32. The van der Waals surface area contributed by atoms with Gasteiger partial charge in [-0.15, -0.1) is 0 Å². The van der Waals surface area contributed by atoms with E-state index in [1.54, 1.807) is 4.90 Å². The van der Waals surface area contributed by atoms with E-state index in [1.807, 2.05) is 49.4 Å². The van der Waals surface area contributed by atoms with Crippen molar-refractivity contribution in [3.63, 3.8) is 0 Å². The normalized spacial score (nSPS) is 15.2. The van der Waals surface area contributed by atoms with Crippen LogP contribution >= 0.6 is 24.0 Å². The topological polar surface area (TPSA) is 49.4 Å². The van der Waals surface area contributed by atoms with Gasteiger partial charge in [0.25, 0.3) is 5.91 Å². The number of aryl methyl sites for hydroxylation is 2. The fourth-order valence-corrected chi connectivity index (χ4v) is 4.26. The van der Waals surface area contributed by atoms with E-state index >= 15 is 0 Å². The van der Waals surface area contributed by atoms with Gasteiger partial charge in [0.2, 0.25) is 5.91 Å². The van der Waals surface area contributed by atoms with Crippen molar-refractivity contribution in [3.8, 4) is 0 Å². The summed E-state index contributed by atoms with van der Waals surface area (Å²) < 4.78 is 0.547. The molecule has 2 aromatic carbocycles. The van der Waals surface area contributed by atoms with E-state index in [9.17, 15) is 9.59 Å². The van der Waals surface area contributed by atoms with Crippen molar-refractivity contribution in [3.05, 3.63) is 70.1 Å². The van der Waals surface area contributed by atoms with Gasteiger partial charge >= 0.3 is 0 Å². The first-order valence-electron chi connectivity index (χ1n) is 9.67. The molecule has 2 amide bonds. The van der Waals surface area contributed by atoms with Gasteiger partial charge in [0.15, 0.2) is 0 Å². The van der Waals surface area contributed by atoms with E-state index in [0.29, 0.717) is 28.6 Å². The summed E-state index contributed by atoms with van der Waals surface area (Å²) in [4.78, 5) is 27.0. The molecule has 0 radical (unpaired) electrons. The van der Waals surface area contributed by atoms with Crippen molar-refractivity contribution < 1.29 is 9.59 Å². The predicted molar refractivity (Wildman–Crippen MR) is 125 cm³/mol. The lowest BCUT2D eigenvalue weighted by molar-refractivity contribution is -0.122. The number of benzene rings is 2. The van der Waals surface area contributed by atoms with E-state index in [0.717, 1.165) is 23.2 Å². The molecule has 6 heteroatoms. The van der Waals surface area contributed by atoms with Crippen LogP contribution in [0.5, 0.6) is 0 Å². The molecule has 0 atom stereocenters. The number of thiocarbonyl (C=S) groups is 1. The summed E-state index contributed by atoms with van der Waals surface area (Å²) in [6.07, 6.45) is 3.76. The van der Waals surface area contributed by atoms with Crippen molar-refractivity contribution in [2.24, 2.45) is 0 Å². The first-order valence-corrected chi connectivity index (χ1v) is 10.9. The molecule has 4 nitrogen and oxygen atoms in total. The molecule has 1 aliphatic rings. The van der Waals surface area contributed by atoms with Crippen LogP contribution in [0.2, 0.25) is 0 Å². The SMILES string of the molecule is CCc1ccc(/C=C2\SC(=S)N(CCCC(=O)Nc3ccc(C)cc3)C2=O)cc1. The highest BCUT2D eigenvalue weighted by Gasteiger charge is 2.31. The second kappa shape index (κ2) is 9.85. The Morgan fingerprint density at radius 1 is 1.14 bits per heavy atom. The molecule has 29 heavy (non-hydrogen) atoms. The van der Waals surface area contributed by atoms with Crippen LogP contribution in [-0.4, -0.2) is 27.6 Å². The van der Waals surface area contributed by atoms with Gasteiger partial charge in [-0.1, -0.05) is 72.9 Å². The van der Waals surface area contributed by atoms with Gasteiger partial charge in [0, 0.05) is 18.7 Å². The molecule has 1 aliphatic heterocycles. The lowest BCUT2D eigenvalue weighted by Gasteiger charge is -2.14. The smallest absolute Gasteiger partial charge is 0.266 e. The fourth-order valence-electron chi connectivity index (χ4n) is 2.95. The molecule has 0 aromatic heterocycles. The van der Waals surface area contributed by atoms with Gasteiger partial charge < -0.3 is 5.32 Å². The van der Waals surface area contributed by atoms with Gasteiger partial charge in [-0.2, -0.15) is 0 Å². The Balaban J connectivity index is 1.52. The number of carbonyl (C=O) groups excluding carboxylic acids is 2. The molecule has 0 aliphatic carbocycles. The molecule has 1 fully saturated rings. The summed E-state index contributed by atoms with van der Waals surface area (Å²) in [5.74, 6) is -0.149. The van der Waals surface area contributed by atoms with Crippen LogP contribution in [0.15, 0.2) is 53.4 Å². The largest absolute Gasteiger partial charge is 0.326 e. The second-order valence-corrected chi connectivity index (χ2v) is 8.62. The van der Waals surface area contributed by atoms with Crippen LogP contribution in [0.3, 0.4) is 0 Å². The van der Waals surface area contributed by atoms with E-state index in [4.69, 9.17) is 12.2 Å². The Morgan fingerprint density at radius 2 is 1.83 bits per heavy atom. The number of hydrogen-bond donors (Lipinski definition) is 1. The van der Waals surface area contributed by atoms with Gasteiger partial charge in [-0.25, -0.2) is 0 Å². The minimum absolute atomic E-state index is 0.0640. The van der Waals surface area contributed by atoms with Crippen LogP contribution in [0, 0.1) is 6.92 Å². The minimum Gasteiger partial charge on any atom is -0.326 e. The summed E-state index contributed by atoms with van der Waals surface area (Å²) in [5, 5.41) is 2.88. The molecule has 0 bridgehead atoms. The number of rotatable bonds is 7. The Labute approximate surface area is 181 Å². The first-order chi connectivity index (χ1) is 14.0. The van der Waals surface area contributed by atoms with E-state index in [1.165, 1.54) is 17.3 Å². The maximum Gasteiger partial charge on any atom is 0.266 e. The highest BCUT2D eigenvalue weighted by molar-refractivity contribution is 8.26. The zero-order valence-electron chi connectivity index (χ0n) is 16.6. The van der Waals surface area contributed by atoms with E-state index < -0.39 is 0 Å². The van der Waals surface area contributed by atoms with Crippen LogP contribution in [0.4, 0.5) is 5.69 Å². The molecule has 0 saturated carbocycles. The Morgan fingerprint density at radius 3 is 2.48 bits per heavy atom. The lowest BCUT2D eigenvalue weighted by Crippen LogP contribution is -2.29. The third-order valence-electron chi connectivity index (χ3n) is 4.68. The highest BCUT2D eigenvalue weighted by atomic mass is 32.2. The van der Waals surface area contributed by atoms with E-state index in [-0.39, 0.29) is 11.8 Å². The van der Waals surface area contributed by atoms with Crippen LogP contribution in [0.1, 0.15) is 36.5 Å². The average molecular weight is 425 g/mol. The number of amides is 2. The summed E-state index contributed by atoms with van der Waals surface area (Å²) >= 11 is 6.69. The Bertz CT molecular complexity index is 934. The van der Waals surface area contributed by atoms with Gasteiger partial charge in [0.05, 0.1) is 4.91 Å². The molecule has 1 heterocycles. The molecule has 1 N–H and O–H groups in total. The van der Waals surface area contributed by atoms with Crippen molar-refractivity contribution in [1.29, 1.82) is 0 Å². The number of hydrogen-bond acceptors (Lipinski definition) is 4. The standard InChI is InChI=1S/C23H24N2O2S2/c1-3-17-8-10-18(11-9-17)15-20-22(27)25(23(28)29-20)14-4-5-21(26)24-19-12-6-16(2)7-13-19/h6-13,15H,3-5,14H2,1-2H3,(H,24,26)/b20-15-. The Hall–Kier alpha value is -2.44. The monoisotopic (exact) mass is 424 g/mol. The van der Waals surface area contributed by atoms with Gasteiger partial charge in [-0.3, -0.25) is 14.5 Å². The third kappa shape index (κ3) is 5.78. The minimum atomic E-state index is -0.0847. The van der Waals surface area contributed by atoms with Gasteiger partial charge in [-0.05, 0) is 49.1 Å². The van der Waals surface area contributed by atoms with Gasteiger partial charge in [0.1, 0.15) is 4.32 Å². The molecule has 0 unspecified atom stereocenters. The van der Waals surface area contributed by atoms with Crippen molar-refractivity contribution in [2.45, 2.75) is 33.1 Å². The average Bonchev–Trinajstić information content (AvgIpc) is 2.97. The van der Waals surface area contributed by atoms with E-state index in [2.05, 4.69) is 24.4 Å². The number of nitrogens with zero attached hydrogens (tertiary/aromatic N) is 1. The maximum absolute atomic E-state index is 12.7. The predicted octanol–water partition coefficient (Wildman–Crippen LogP) is 5.18. The first kappa shape index (κ1) is 21.3. The summed E-state index contributed by atoms with van der Waals surface area (Å²) in [5.41, 5.74) is 4.17. The van der Waals surface area contributed by atoms with Crippen molar-refractivity contribution >= 4 is 51.9 Å². The molecule has 2 aromatic rings. The molecule has 150 valence electrons. The number of thioether (sulfide) groups is 1. The van der Waals surface area contributed by atoms with Crippen molar-refractivity contribution in [1.82, 2.24) is 4.90 Å². The maximum atomic E-state index is 12.7. The molecular formula is C23H24N2O2S2. The fraction of sp³-hybridized carbons (Fsp3) is 0.261. The number of anilines is 1. The summed E-state index contributed by atoms with van der Waals surface area (Å²) in [7, 11) is 0. The van der Waals surface area contributed by atoms with Crippen LogP contribution in [-0.2, 0) is 16.0 Å². The third-order valence-corrected chi connectivity index (χ3v) is 6.06. The molecule has 3 rings (SSSR count). The van der Waals surface area contributed by atoms with Crippen LogP contribution < -0.4 is 5.32 Å². The zero-order valence-corrected chi connectivity index (χ0v) is 18.2. The molecular weight excluding hydrogens is 400 g/mol.